The first-order chi connectivity index (χ1) is 7.09. The van der Waals surface area contributed by atoms with Crippen molar-refractivity contribution < 1.29 is 0 Å². The molecule has 1 heterocycles. The lowest BCUT2D eigenvalue weighted by Gasteiger charge is -2.30. The van der Waals surface area contributed by atoms with Gasteiger partial charge in [-0.05, 0) is 42.1 Å². The average molecular weight is 289 g/mol. The Balaban J connectivity index is 2.50. The molecule has 82 valence electrons. The van der Waals surface area contributed by atoms with E-state index < -0.39 is 0 Å². The fraction of sp³-hybridized carbons (Fsp3) is 0.500. The summed E-state index contributed by atoms with van der Waals surface area (Å²) in [5.74, 6) is 0.592. The summed E-state index contributed by atoms with van der Waals surface area (Å²) in [4.78, 5) is 0. The second kappa shape index (κ2) is 4.44. The Morgan fingerprint density at radius 1 is 1.47 bits per heavy atom. The number of nitrogens with one attached hydrogen (secondary N) is 1. The number of hydrogen-bond donors (Lipinski definition) is 1. The summed E-state index contributed by atoms with van der Waals surface area (Å²) in [7, 11) is 0. The Hall–Kier alpha value is -0.0500. The van der Waals surface area contributed by atoms with Gasteiger partial charge in [0.05, 0.1) is 0 Å². The Kier molecular flexibility index (Phi) is 3.39. The highest BCUT2D eigenvalue weighted by molar-refractivity contribution is 9.10. The fourth-order valence-corrected chi connectivity index (χ4v) is 3.15. The van der Waals surface area contributed by atoms with Crippen LogP contribution in [0, 0.1) is 5.92 Å². The molecule has 1 nitrogen and oxygen atoms in total. The second-order valence-corrected chi connectivity index (χ2v) is 5.70. The molecule has 0 amide bonds. The van der Waals surface area contributed by atoms with E-state index in [4.69, 9.17) is 11.6 Å². The van der Waals surface area contributed by atoms with Gasteiger partial charge in [-0.1, -0.05) is 41.4 Å². The first-order valence-corrected chi connectivity index (χ1v) is 6.48. The van der Waals surface area contributed by atoms with Crippen molar-refractivity contribution in [1.82, 2.24) is 5.32 Å². The third-order valence-corrected chi connectivity index (χ3v) is 3.73. The molecule has 1 aliphatic heterocycles. The van der Waals surface area contributed by atoms with E-state index in [0.29, 0.717) is 12.0 Å². The van der Waals surface area contributed by atoms with Gasteiger partial charge >= 0.3 is 0 Å². The highest BCUT2D eigenvalue weighted by Crippen LogP contribution is 2.35. The number of benzene rings is 1. The highest BCUT2D eigenvalue weighted by atomic mass is 79.9. The molecule has 0 fully saturated rings. The van der Waals surface area contributed by atoms with Gasteiger partial charge in [0, 0.05) is 15.5 Å². The van der Waals surface area contributed by atoms with Gasteiger partial charge in [0.25, 0.3) is 0 Å². The number of fused-ring (bicyclic) bond motifs is 1. The van der Waals surface area contributed by atoms with Crippen LogP contribution in [0.15, 0.2) is 16.6 Å². The molecule has 0 saturated carbocycles. The fourth-order valence-electron chi connectivity index (χ4n) is 2.22. The van der Waals surface area contributed by atoms with Crippen LogP contribution in [0.4, 0.5) is 0 Å². The quantitative estimate of drug-likeness (QED) is 0.825. The first kappa shape index (κ1) is 11.4. The standard InChI is InChI=1S/C12H15BrClN/c1-7(2)12-10-5-8(13)6-11(14)9(10)3-4-15-12/h5-7,12,15H,3-4H2,1-2H3. The zero-order valence-corrected chi connectivity index (χ0v) is 11.3. The van der Waals surface area contributed by atoms with E-state index >= 15 is 0 Å². The van der Waals surface area contributed by atoms with Crippen LogP contribution >= 0.6 is 27.5 Å². The summed E-state index contributed by atoms with van der Waals surface area (Å²) >= 11 is 9.77. The SMILES string of the molecule is CC(C)C1NCCc2c(Cl)cc(Br)cc21. The van der Waals surface area contributed by atoms with E-state index in [9.17, 15) is 0 Å². The maximum atomic E-state index is 6.26. The van der Waals surface area contributed by atoms with Gasteiger partial charge in [0.15, 0.2) is 0 Å². The van der Waals surface area contributed by atoms with Crippen LogP contribution in [0.5, 0.6) is 0 Å². The van der Waals surface area contributed by atoms with Gasteiger partial charge < -0.3 is 5.32 Å². The van der Waals surface area contributed by atoms with Crippen molar-refractivity contribution in [2.45, 2.75) is 26.3 Å². The summed E-state index contributed by atoms with van der Waals surface area (Å²) in [6.07, 6.45) is 1.03. The summed E-state index contributed by atoms with van der Waals surface area (Å²) in [6, 6.07) is 4.62. The maximum Gasteiger partial charge on any atom is 0.0453 e. The smallest absolute Gasteiger partial charge is 0.0453 e. The molecule has 1 unspecified atom stereocenters. The minimum atomic E-state index is 0.434. The van der Waals surface area contributed by atoms with Crippen molar-refractivity contribution in [2.75, 3.05) is 6.54 Å². The molecular formula is C12H15BrClN. The zero-order valence-electron chi connectivity index (χ0n) is 8.98. The van der Waals surface area contributed by atoms with Gasteiger partial charge in [0.1, 0.15) is 0 Å². The molecule has 1 aliphatic rings. The largest absolute Gasteiger partial charge is 0.309 e. The normalized spacial score (nSPS) is 20.5. The lowest BCUT2D eigenvalue weighted by atomic mass is 9.88. The molecule has 0 aliphatic carbocycles. The van der Waals surface area contributed by atoms with E-state index in [0.717, 1.165) is 22.5 Å². The van der Waals surface area contributed by atoms with Gasteiger partial charge in [-0.2, -0.15) is 0 Å². The van der Waals surface area contributed by atoms with Gasteiger partial charge in [-0.15, -0.1) is 0 Å². The topological polar surface area (TPSA) is 12.0 Å². The monoisotopic (exact) mass is 287 g/mol. The number of hydrogen-bond acceptors (Lipinski definition) is 1. The van der Waals surface area contributed by atoms with Crippen LogP contribution in [-0.4, -0.2) is 6.54 Å². The Morgan fingerprint density at radius 3 is 2.87 bits per heavy atom. The molecule has 15 heavy (non-hydrogen) atoms. The van der Waals surface area contributed by atoms with E-state index in [1.165, 1.54) is 11.1 Å². The van der Waals surface area contributed by atoms with Crippen LogP contribution in [-0.2, 0) is 6.42 Å². The predicted octanol–water partition coefficient (Wildman–Crippen LogP) is 3.95. The van der Waals surface area contributed by atoms with E-state index in [-0.39, 0.29) is 0 Å². The second-order valence-electron chi connectivity index (χ2n) is 4.38. The molecule has 0 aromatic heterocycles. The average Bonchev–Trinajstić information content (AvgIpc) is 2.16. The summed E-state index contributed by atoms with van der Waals surface area (Å²) in [5, 5.41) is 4.44. The highest BCUT2D eigenvalue weighted by Gasteiger charge is 2.24. The summed E-state index contributed by atoms with van der Waals surface area (Å²) < 4.78 is 1.07. The molecule has 1 aromatic rings. The van der Waals surface area contributed by atoms with Crippen LogP contribution in [0.3, 0.4) is 0 Å². The molecule has 3 heteroatoms. The first-order valence-electron chi connectivity index (χ1n) is 5.31. The molecular weight excluding hydrogens is 273 g/mol. The van der Waals surface area contributed by atoms with Crippen molar-refractivity contribution in [3.8, 4) is 0 Å². The van der Waals surface area contributed by atoms with Crippen LogP contribution < -0.4 is 5.32 Å². The molecule has 0 spiro atoms. The van der Waals surface area contributed by atoms with Gasteiger partial charge in [-0.3, -0.25) is 0 Å². The van der Waals surface area contributed by atoms with Gasteiger partial charge in [0.2, 0.25) is 0 Å². The lowest BCUT2D eigenvalue weighted by molar-refractivity contribution is 0.395. The Bertz CT molecular complexity index is 376. The molecule has 1 aromatic carbocycles. The van der Waals surface area contributed by atoms with Crippen LogP contribution in [0.25, 0.3) is 0 Å². The molecule has 0 bridgehead atoms. The molecule has 0 radical (unpaired) electrons. The third kappa shape index (κ3) is 2.22. The minimum Gasteiger partial charge on any atom is -0.309 e. The van der Waals surface area contributed by atoms with E-state index in [1.807, 2.05) is 6.07 Å². The van der Waals surface area contributed by atoms with Crippen LogP contribution in [0.2, 0.25) is 5.02 Å². The van der Waals surface area contributed by atoms with E-state index in [1.54, 1.807) is 0 Å². The molecule has 1 N–H and O–H groups in total. The Morgan fingerprint density at radius 2 is 2.20 bits per heavy atom. The van der Waals surface area contributed by atoms with E-state index in [2.05, 4.69) is 41.2 Å². The molecule has 0 saturated heterocycles. The van der Waals surface area contributed by atoms with Crippen LogP contribution in [0.1, 0.15) is 31.0 Å². The van der Waals surface area contributed by atoms with Gasteiger partial charge in [-0.25, -0.2) is 0 Å². The van der Waals surface area contributed by atoms with Crippen molar-refractivity contribution in [2.24, 2.45) is 5.92 Å². The molecule has 1 atom stereocenters. The minimum absolute atomic E-state index is 0.434. The third-order valence-electron chi connectivity index (χ3n) is 2.94. The van der Waals surface area contributed by atoms with Crippen molar-refractivity contribution in [1.29, 1.82) is 0 Å². The molecule has 2 rings (SSSR count). The lowest BCUT2D eigenvalue weighted by Crippen LogP contribution is -2.33. The van der Waals surface area contributed by atoms with Crippen molar-refractivity contribution >= 4 is 27.5 Å². The number of rotatable bonds is 1. The Labute approximate surface area is 104 Å². The van der Waals surface area contributed by atoms with Crippen molar-refractivity contribution in [3.05, 3.63) is 32.8 Å². The zero-order chi connectivity index (χ0) is 11.0. The maximum absolute atomic E-state index is 6.26. The summed E-state index contributed by atoms with van der Waals surface area (Å²) in [5.41, 5.74) is 2.67. The predicted molar refractivity (Wildman–Crippen MR) is 68.4 cm³/mol. The number of halogens is 2. The summed E-state index contributed by atoms with van der Waals surface area (Å²) in [6.45, 7) is 5.50. The van der Waals surface area contributed by atoms with Crippen molar-refractivity contribution in [3.63, 3.8) is 0 Å².